The zero-order valence-electron chi connectivity index (χ0n) is 12.4. The van der Waals surface area contributed by atoms with Gasteiger partial charge < -0.3 is 15.4 Å². The van der Waals surface area contributed by atoms with Gasteiger partial charge in [-0.15, -0.1) is 0 Å². The number of rotatable bonds is 2. The Balaban J connectivity index is 1.94. The Bertz CT molecular complexity index is 748. The Morgan fingerprint density at radius 3 is 2.55 bits per heavy atom. The quantitative estimate of drug-likeness (QED) is 0.895. The minimum atomic E-state index is -0.259. The lowest BCUT2D eigenvalue weighted by Crippen LogP contribution is -2.27. The van der Waals surface area contributed by atoms with Gasteiger partial charge in [0.15, 0.2) is 12.4 Å². The van der Waals surface area contributed by atoms with Crippen molar-refractivity contribution >= 4 is 23.2 Å². The summed E-state index contributed by atoms with van der Waals surface area (Å²) in [5, 5.41) is 5.62. The molecule has 0 unspecified atom stereocenters. The van der Waals surface area contributed by atoms with Gasteiger partial charge in [-0.1, -0.05) is 24.3 Å². The minimum Gasteiger partial charge on any atom is -0.481 e. The predicted octanol–water partition coefficient (Wildman–Crippen LogP) is 2.89. The summed E-state index contributed by atoms with van der Waals surface area (Å²) >= 11 is 0. The maximum absolute atomic E-state index is 12.6. The molecule has 2 aromatic rings. The molecule has 0 spiro atoms. The molecule has 0 fully saturated rings. The van der Waals surface area contributed by atoms with Crippen LogP contribution in [0.25, 0.3) is 0 Å². The molecule has 0 saturated carbocycles. The molecule has 5 nitrogen and oxygen atoms in total. The number of carbonyl (C=O) groups excluding carboxylic acids is 2. The normalized spacial score (nSPS) is 12.9. The third-order valence-corrected chi connectivity index (χ3v) is 3.60. The molecule has 1 aliphatic rings. The molecule has 1 aliphatic heterocycles. The van der Waals surface area contributed by atoms with Crippen LogP contribution in [0.15, 0.2) is 36.4 Å². The molecule has 2 amide bonds. The maximum atomic E-state index is 12.6. The van der Waals surface area contributed by atoms with E-state index in [9.17, 15) is 9.59 Å². The van der Waals surface area contributed by atoms with E-state index in [-0.39, 0.29) is 18.4 Å². The maximum Gasteiger partial charge on any atom is 0.262 e. The highest BCUT2D eigenvalue weighted by Gasteiger charge is 2.22. The van der Waals surface area contributed by atoms with Gasteiger partial charge in [-0.3, -0.25) is 9.59 Å². The van der Waals surface area contributed by atoms with E-state index in [4.69, 9.17) is 4.74 Å². The number of hydrogen-bond acceptors (Lipinski definition) is 3. The summed E-state index contributed by atoms with van der Waals surface area (Å²) in [6.07, 6.45) is 0. The molecule has 1 heterocycles. The molecule has 0 aromatic heterocycles. The van der Waals surface area contributed by atoms with Crippen LogP contribution in [0.3, 0.4) is 0 Å². The minimum absolute atomic E-state index is 0.0827. The van der Waals surface area contributed by atoms with Crippen LogP contribution in [-0.4, -0.2) is 18.4 Å². The monoisotopic (exact) mass is 296 g/mol. The summed E-state index contributed by atoms with van der Waals surface area (Å²) in [4.78, 5) is 23.9. The van der Waals surface area contributed by atoms with Crippen LogP contribution in [0.4, 0.5) is 11.4 Å². The SMILES string of the molecule is Cc1cccc(C)c1NC(=O)c1cccc2c1OCC(=O)N2. The average molecular weight is 296 g/mol. The van der Waals surface area contributed by atoms with Crippen molar-refractivity contribution < 1.29 is 14.3 Å². The molecule has 0 bridgehead atoms. The molecule has 5 heteroatoms. The van der Waals surface area contributed by atoms with Gasteiger partial charge in [0.1, 0.15) is 0 Å². The number of aryl methyl sites for hydroxylation is 2. The van der Waals surface area contributed by atoms with Crippen molar-refractivity contribution in [2.24, 2.45) is 0 Å². The third-order valence-electron chi connectivity index (χ3n) is 3.60. The molecule has 22 heavy (non-hydrogen) atoms. The van der Waals surface area contributed by atoms with Crippen LogP contribution in [0.2, 0.25) is 0 Å². The van der Waals surface area contributed by atoms with Gasteiger partial charge in [0.25, 0.3) is 11.8 Å². The van der Waals surface area contributed by atoms with Crippen molar-refractivity contribution in [1.82, 2.24) is 0 Å². The molecule has 2 N–H and O–H groups in total. The number of nitrogens with one attached hydrogen (secondary N) is 2. The highest BCUT2D eigenvalue weighted by atomic mass is 16.5. The number of carbonyl (C=O) groups is 2. The lowest BCUT2D eigenvalue weighted by atomic mass is 10.1. The number of anilines is 2. The van der Waals surface area contributed by atoms with Gasteiger partial charge in [-0.25, -0.2) is 0 Å². The van der Waals surface area contributed by atoms with Crippen molar-refractivity contribution in [3.63, 3.8) is 0 Å². The van der Waals surface area contributed by atoms with Crippen LogP contribution in [0.5, 0.6) is 5.75 Å². The van der Waals surface area contributed by atoms with Crippen LogP contribution >= 0.6 is 0 Å². The van der Waals surface area contributed by atoms with E-state index in [1.807, 2.05) is 32.0 Å². The summed E-state index contributed by atoms with van der Waals surface area (Å²) in [7, 11) is 0. The second kappa shape index (κ2) is 5.52. The topological polar surface area (TPSA) is 67.4 Å². The Morgan fingerprint density at radius 2 is 1.82 bits per heavy atom. The smallest absolute Gasteiger partial charge is 0.262 e. The van der Waals surface area contributed by atoms with E-state index in [1.165, 1.54) is 0 Å². The van der Waals surface area contributed by atoms with E-state index in [0.717, 1.165) is 16.8 Å². The standard InChI is InChI=1S/C17H16N2O3/c1-10-5-3-6-11(2)15(10)19-17(21)12-7-4-8-13-16(12)22-9-14(20)18-13/h3-8H,9H2,1-2H3,(H,18,20)(H,19,21). The fourth-order valence-corrected chi connectivity index (χ4v) is 2.49. The van der Waals surface area contributed by atoms with Crippen LogP contribution in [0.1, 0.15) is 21.5 Å². The van der Waals surface area contributed by atoms with Crippen molar-refractivity contribution in [3.8, 4) is 5.75 Å². The summed E-state index contributed by atoms with van der Waals surface area (Å²) in [5.74, 6) is -0.0731. The van der Waals surface area contributed by atoms with Crippen molar-refractivity contribution in [1.29, 1.82) is 0 Å². The van der Waals surface area contributed by atoms with E-state index >= 15 is 0 Å². The van der Waals surface area contributed by atoms with Crippen LogP contribution in [0, 0.1) is 13.8 Å². The van der Waals surface area contributed by atoms with Crippen LogP contribution in [-0.2, 0) is 4.79 Å². The number of ether oxygens (including phenoxy) is 1. The van der Waals surface area contributed by atoms with E-state index < -0.39 is 0 Å². The summed E-state index contributed by atoms with van der Waals surface area (Å²) in [6, 6.07) is 10.9. The fourth-order valence-electron chi connectivity index (χ4n) is 2.49. The molecule has 3 rings (SSSR count). The lowest BCUT2D eigenvalue weighted by Gasteiger charge is -2.20. The molecular formula is C17H16N2O3. The Morgan fingerprint density at radius 1 is 1.14 bits per heavy atom. The van der Waals surface area contributed by atoms with Gasteiger partial charge in [-0.2, -0.15) is 0 Å². The number of benzene rings is 2. The molecule has 0 saturated heterocycles. The first-order valence-corrected chi connectivity index (χ1v) is 6.99. The zero-order valence-corrected chi connectivity index (χ0v) is 12.4. The lowest BCUT2D eigenvalue weighted by molar-refractivity contribution is -0.118. The molecule has 112 valence electrons. The van der Waals surface area contributed by atoms with E-state index in [2.05, 4.69) is 10.6 Å². The van der Waals surface area contributed by atoms with Gasteiger partial charge in [0, 0.05) is 5.69 Å². The summed E-state index contributed by atoms with van der Waals surface area (Å²) in [5.41, 5.74) is 3.70. The number of para-hydroxylation sites is 2. The first-order valence-electron chi connectivity index (χ1n) is 6.99. The largest absolute Gasteiger partial charge is 0.481 e. The van der Waals surface area contributed by atoms with Crippen molar-refractivity contribution in [2.45, 2.75) is 13.8 Å². The van der Waals surface area contributed by atoms with Gasteiger partial charge in [0.2, 0.25) is 0 Å². The molecule has 0 radical (unpaired) electrons. The van der Waals surface area contributed by atoms with Crippen molar-refractivity contribution in [2.75, 3.05) is 17.2 Å². The van der Waals surface area contributed by atoms with Gasteiger partial charge in [0.05, 0.1) is 11.3 Å². The Kier molecular flexibility index (Phi) is 3.55. The predicted molar refractivity (Wildman–Crippen MR) is 84.4 cm³/mol. The Hall–Kier alpha value is -2.82. The van der Waals surface area contributed by atoms with E-state index in [0.29, 0.717) is 17.0 Å². The summed E-state index contributed by atoms with van der Waals surface area (Å²) in [6.45, 7) is 3.81. The fraction of sp³-hybridized carbons (Fsp3) is 0.176. The summed E-state index contributed by atoms with van der Waals surface area (Å²) < 4.78 is 5.41. The first-order chi connectivity index (χ1) is 10.6. The van der Waals surface area contributed by atoms with Gasteiger partial charge in [-0.05, 0) is 37.1 Å². The number of hydrogen-bond donors (Lipinski definition) is 2. The molecule has 2 aromatic carbocycles. The average Bonchev–Trinajstić information content (AvgIpc) is 2.50. The van der Waals surface area contributed by atoms with Crippen LogP contribution < -0.4 is 15.4 Å². The second-order valence-electron chi connectivity index (χ2n) is 5.24. The van der Waals surface area contributed by atoms with E-state index in [1.54, 1.807) is 18.2 Å². The van der Waals surface area contributed by atoms with Gasteiger partial charge >= 0.3 is 0 Å². The molecular weight excluding hydrogens is 280 g/mol. The number of fused-ring (bicyclic) bond motifs is 1. The Labute approximate surface area is 128 Å². The highest BCUT2D eigenvalue weighted by molar-refractivity contribution is 6.09. The molecule has 0 aliphatic carbocycles. The second-order valence-corrected chi connectivity index (χ2v) is 5.24. The third kappa shape index (κ3) is 2.53. The molecule has 0 atom stereocenters. The highest BCUT2D eigenvalue weighted by Crippen LogP contribution is 2.32. The first kappa shape index (κ1) is 14.1. The van der Waals surface area contributed by atoms with Crippen molar-refractivity contribution in [3.05, 3.63) is 53.1 Å². The number of amides is 2. The zero-order chi connectivity index (χ0) is 15.7.